The predicted molar refractivity (Wildman–Crippen MR) is 71.6 cm³/mol. The summed E-state index contributed by atoms with van der Waals surface area (Å²) in [5.41, 5.74) is 5.96. The van der Waals surface area contributed by atoms with Crippen LogP contribution in [0, 0.1) is 11.8 Å². The van der Waals surface area contributed by atoms with Crippen LogP contribution >= 0.6 is 0 Å². The molecule has 0 aromatic rings. The van der Waals surface area contributed by atoms with Gasteiger partial charge in [0.05, 0.1) is 0 Å². The standard InChI is InChI=1S/C14H28N2O/c1-4-5-6-11(3)16-14(17)13-9-12(15)8-7-10(13)2/h10-13H,4-9,15H2,1-3H3,(H,16,17). The zero-order chi connectivity index (χ0) is 12.8. The second-order valence-corrected chi connectivity index (χ2v) is 5.71. The van der Waals surface area contributed by atoms with Crippen LogP contribution in [0.25, 0.3) is 0 Å². The summed E-state index contributed by atoms with van der Waals surface area (Å²) >= 11 is 0. The van der Waals surface area contributed by atoms with Gasteiger partial charge in [0.2, 0.25) is 5.91 Å². The van der Waals surface area contributed by atoms with Crippen molar-refractivity contribution in [1.82, 2.24) is 5.32 Å². The Balaban J connectivity index is 2.39. The summed E-state index contributed by atoms with van der Waals surface area (Å²) in [4.78, 5) is 12.2. The van der Waals surface area contributed by atoms with Gasteiger partial charge < -0.3 is 11.1 Å². The molecule has 3 heteroatoms. The number of nitrogens with one attached hydrogen (secondary N) is 1. The van der Waals surface area contributed by atoms with Crippen LogP contribution in [0.15, 0.2) is 0 Å². The van der Waals surface area contributed by atoms with Crippen LogP contribution in [0.5, 0.6) is 0 Å². The maximum absolute atomic E-state index is 12.2. The molecule has 1 rings (SSSR count). The average Bonchev–Trinajstić information content (AvgIpc) is 2.29. The number of rotatable bonds is 5. The number of hydrogen-bond acceptors (Lipinski definition) is 2. The molecule has 0 aromatic heterocycles. The SMILES string of the molecule is CCCCC(C)NC(=O)C1CC(N)CCC1C. The van der Waals surface area contributed by atoms with Crippen LogP contribution in [0.2, 0.25) is 0 Å². The molecule has 0 bridgehead atoms. The Morgan fingerprint density at radius 1 is 1.47 bits per heavy atom. The molecule has 0 aromatic carbocycles. The first kappa shape index (κ1) is 14.5. The Morgan fingerprint density at radius 2 is 2.18 bits per heavy atom. The molecule has 1 amide bonds. The van der Waals surface area contributed by atoms with E-state index in [1.807, 2.05) is 0 Å². The lowest BCUT2D eigenvalue weighted by Crippen LogP contribution is -2.44. The van der Waals surface area contributed by atoms with Crippen molar-refractivity contribution in [3.63, 3.8) is 0 Å². The Morgan fingerprint density at radius 3 is 2.82 bits per heavy atom. The molecule has 4 unspecified atom stereocenters. The van der Waals surface area contributed by atoms with Gasteiger partial charge in [-0.3, -0.25) is 4.79 Å². The summed E-state index contributed by atoms with van der Waals surface area (Å²) in [6.07, 6.45) is 6.45. The summed E-state index contributed by atoms with van der Waals surface area (Å²) < 4.78 is 0. The third-order valence-electron chi connectivity index (χ3n) is 3.95. The molecule has 0 saturated heterocycles. The summed E-state index contributed by atoms with van der Waals surface area (Å²) in [6, 6.07) is 0.515. The average molecular weight is 240 g/mol. The van der Waals surface area contributed by atoms with E-state index in [1.54, 1.807) is 0 Å². The molecule has 0 spiro atoms. The van der Waals surface area contributed by atoms with E-state index in [-0.39, 0.29) is 17.9 Å². The molecule has 17 heavy (non-hydrogen) atoms. The molecule has 3 nitrogen and oxygen atoms in total. The quantitative estimate of drug-likeness (QED) is 0.775. The number of nitrogens with two attached hydrogens (primary N) is 1. The fraction of sp³-hybridized carbons (Fsp3) is 0.929. The lowest BCUT2D eigenvalue weighted by molar-refractivity contribution is -0.128. The number of unbranched alkanes of at least 4 members (excludes halogenated alkanes) is 1. The summed E-state index contributed by atoms with van der Waals surface area (Å²) in [7, 11) is 0. The molecule has 0 heterocycles. The van der Waals surface area contributed by atoms with Gasteiger partial charge in [0.15, 0.2) is 0 Å². The first-order valence-electron chi connectivity index (χ1n) is 7.10. The van der Waals surface area contributed by atoms with Crippen molar-refractivity contribution in [1.29, 1.82) is 0 Å². The van der Waals surface area contributed by atoms with Crippen LogP contribution in [-0.2, 0) is 4.79 Å². The van der Waals surface area contributed by atoms with Gasteiger partial charge in [0.25, 0.3) is 0 Å². The van der Waals surface area contributed by atoms with Gasteiger partial charge in [-0.1, -0.05) is 26.7 Å². The van der Waals surface area contributed by atoms with Crippen molar-refractivity contribution in [3.05, 3.63) is 0 Å². The Kier molecular flexibility index (Phi) is 5.96. The fourth-order valence-electron chi connectivity index (χ4n) is 2.65. The topological polar surface area (TPSA) is 55.1 Å². The zero-order valence-electron chi connectivity index (χ0n) is 11.5. The lowest BCUT2D eigenvalue weighted by atomic mass is 9.77. The van der Waals surface area contributed by atoms with Crippen molar-refractivity contribution in [2.24, 2.45) is 17.6 Å². The van der Waals surface area contributed by atoms with Gasteiger partial charge in [0, 0.05) is 18.0 Å². The Bertz CT molecular complexity index is 242. The highest BCUT2D eigenvalue weighted by molar-refractivity contribution is 5.79. The molecule has 1 saturated carbocycles. The smallest absolute Gasteiger partial charge is 0.223 e. The third kappa shape index (κ3) is 4.66. The second-order valence-electron chi connectivity index (χ2n) is 5.71. The molecule has 0 aliphatic heterocycles. The summed E-state index contributed by atoms with van der Waals surface area (Å²) in [5, 5.41) is 3.14. The van der Waals surface area contributed by atoms with Crippen LogP contribution in [-0.4, -0.2) is 18.0 Å². The van der Waals surface area contributed by atoms with E-state index >= 15 is 0 Å². The fourth-order valence-corrected chi connectivity index (χ4v) is 2.65. The maximum Gasteiger partial charge on any atom is 0.223 e. The van der Waals surface area contributed by atoms with Crippen LogP contribution < -0.4 is 11.1 Å². The van der Waals surface area contributed by atoms with E-state index in [9.17, 15) is 4.79 Å². The van der Waals surface area contributed by atoms with Crippen molar-refractivity contribution in [3.8, 4) is 0 Å². The van der Waals surface area contributed by atoms with E-state index in [0.717, 1.165) is 25.7 Å². The number of hydrogen-bond donors (Lipinski definition) is 2. The summed E-state index contributed by atoms with van der Waals surface area (Å²) in [5.74, 6) is 0.826. The number of amides is 1. The van der Waals surface area contributed by atoms with Gasteiger partial charge in [0.1, 0.15) is 0 Å². The molecule has 4 atom stereocenters. The van der Waals surface area contributed by atoms with E-state index in [2.05, 4.69) is 26.1 Å². The van der Waals surface area contributed by atoms with Crippen molar-refractivity contribution < 1.29 is 4.79 Å². The van der Waals surface area contributed by atoms with E-state index in [4.69, 9.17) is 5.73 Å². The first-order valence-corrected chi connectivity index (χ1v) is 7.10. The zero-order valence-corrected chi connectivity index (χ0v) is 11.5. The minimum absolute atomic E-state index is 0.128. The van der Waals surface area contributed by atoms with Crippen molar-refractivity contribution in [2.75, 3.05) is 0 Å². The molecule has 1 aliphatic rings. The predicted octanol–water partition coefficient (Wildman–Crippen LogP) is 2.44. The van der Waals surface area contributed by atoms with Crippen LogP contribution in [0.3, 0.4) is 0 Å². The first-order chi connectivity index (χ1) is 8.04. The monoisotopic (exact) mass is 240 g/mol. The van der Waals surface area contributed by atoms with Gasteiger partial charge >= 0.3 is 0 Å². The summed E-state index contributed by atoms with van der Waals surface area (Å²) in [6.45, 7) is 6.45. The molecule has 0 radical (unpaired) electrons. The van der Waals surface area contributed by atoms with Gasteiger partial charge in [-0.2, -0.15) is 0 Å². The Hall–Kier alpha value is -0.570. The highest BCUT2D eigenvalue weighted by Crippen LogP contribution is 2.29. The van der Waals surface area contributed by atoms with Crippen LogP contribution in [0.4, 0.5) is 0 Å². The number of carbonyl (C=O) groups is 1. The van der Waals surface area contributed by atoms with E-state index in [1.165, 1.54) is 12.8 Å². The van der Waals surface area contributed by atoms with E-state index in [0.29, 0.717) is 12.0 Å². The maximum atomic E-state index is 12.2. The molecular weight excluding hydrogens is 212 g/mol. The molecule has 1 aliphatic carbocycles. The normalized spacial score (nSPS) is 30.9. The molecule has 3 N–H and O–H groups in total. The Labute approximate surface area is 106 Å². The highest BCUT2D eigenvalue weighted by Gasteiger charge is 2.31. The minimum Gasteiger partial charge on any atom is -0.353 e. The number of carbonyl (C=O) groups excluding carboxylic acids is 1. The highest BCUT2D eigenvalue weighted by atomic mass is 16.1. The molecular formula is C14H28N2O. The van der Waals surface area contributed by atoms with Gasteiger partial charge in [-0.15, -0.1) is 0 Å². The second kappa shape index (κ2) is 7.00. The van der Waals surface area contributed by atoms with Crippen LogP contribution in [0.1, 0.15) is 59.3 Å². The van der Waals surface area contributed by atoms with E-state index < -0.39 is 0 Å². The molecule has 100 valence electrons. The minimum atomic E-state index is 0.128. The van der Waals surface area contributed by atoms with Crippen molar-refractivity contribution in [2.45, 2.75) is 71.4 Å². The van der Waals surface area contributed by atoms with Crippen molar-refractivity contribution >= 4 is 5.91 Å². The molecule has 1 fully saturated rings. The van der Waals surface area contributed by atoms with Gasteiger partial charge in [-0.05, 0) is 38.5 Å². The van der Waals surface area contributed by atoms with Gasteiger partial charge in [-0.25, -0.2) is 0 Å². The lowest BCUT2D eigenvalue weighted by Gasteiger charge is -2.32. The largest absolute Gasteiger partial charge is 0.353 e. The third-order valence-corrected chi connectivity index (χ3v) is 3.95.